The zero-order chi connectivity index (χ0) is 12.0. The molecule has 0 aromatic carbocycles. The smallest absolute Gasteiger partial charge is 0.0674 e. The van der Waals surface area contributed by atoms with Gasteiger partial charge in [-0.15, -0.1) is 0 Å². The van der Waals surface area contributed by atoms with Crippen LogP contribution in [-0.4, -0.2) is 49.3 Å². The molecule has 3 heteroatoms. The summed E-state index contributed by atoms with van der Waals surface area (Å²) in [5, 5.41) is 3.54. The molecule has 16 heavy (non-hydrogen) atoms. The maximum absolute atomic E-state index is 5.65. The molecule has 1 aliphatic rings. The molecule has 0 radical (unpaired) electrons. The molecule has 3 unspecified atom stereocenters. The minimum Gasteiger partial charge on any atom is -0.376 e. The Labute approximate surface area is 101 Å². The van der Waals surface area contributed by atoms with Gasteiger partial charge >= 0.3 is 0 Å². The summed E-state index contributed by atoms with van der Waals surface area (Å²) in [5.41, 5.74) is 0. The predicted octanol–water partition coefficient (Wildman–Crippen LogP) is 1.87. The summed E-state index contributed by atoms with van der Waals surface area (Å²) < 4.78 is 5.65. The molecule has 1 fully saturated rings. The lowest BCUT2D eigenvalue weighted by Gasteiger charge is -2.40. The van der Waals surface area contributed by atoms with Crippen molar-refractivity contribution in [3.05, 3.63) is 0 Å². The molecule has 1 rings (SSSR count). The molecule has 3 atom stereocenters. The Morgan fingerprint density at radius 1 is 1.44 bits per heavy atom. The third-order valence-electron chi connectivity index (χ3n) is 3.37. The Balaban J connectivity index is 2.25. The second kappa shape index (κ2) is 7.25. The van der Waals surface area contributed by atoms with E-state index in [2.05, 4.69) is 37.9 Å². The summed E-state index contributed by atoms with van der Waals surface area (Å²) in [7, 11) is 0. The Bertz CT molecular complexity index is 187. The molecule has 1 N–H and O–H groups in total. The number of unbranched alkanes of at least 4 members (excludes halogenated alkanes) is 1. The Morgan fingerprint density at radius 3 is 2.88 bits per heavy atom. The van der Waals surface area contributed by atoms with E-state index in [1.54, 1.807) is 0 Å². The summed E-state index contributed by atoms with van der Waals surface area (Å²) in [6.07, 6.45) is 2.93. The van der Waals surface area contributed by atoms with Gasteiger partial charge in [-0.1, -0.05) is 13.3 Å². The van der Waals surface area contributed by atoms with Crippen molar-refractivity contribution < 1.29 is 4.74 Å². The van der Waals surface area contributed by atoms with Crippen LogP contribution >= 0.6 is 0 Å². The molecule has 0 aliphatic carbocycles. The fourth-order valence-corrected chi connectivity index (χ4v) is 2.27. The molecule has 0 aromatic rings. The van der Waals surface area contributed by atoms with E-state index in [-0.39, 0.29) is 0 Å². The van der Waals surface area contributed by atoms with Crippen LogP contribution in [0.4, 0.5) is 0 Å². The summed E-state index contributed by atoms with van der Waals surface area (Å²) in [5.74, 6) is 0. The quantitative estimate of drug-likeness (QED) is 0.703. The number of nitrogens with one attached hydrogen (secondary N) is 1. The molecular formula is C13H28N2O. The van der Waals surface area contributed by atoms with E-state index in [1.807, 2.05) is 0 Å². The fourth-order valence-electron chi connectivity index (χ4n) is 2.27. The molecule has 0 saturated carbocycles. The van der Waals surface area contributed by atoms with Crippen molar-refractivity contribution in [3.63, 3.8) is 0 Å². The van der Waals surface area contributed by atoms with Crippen LogP contribution in [0.2, 0.25) is 0 Å². The molecule has 96 valence electrons. The summed E-state index contributed by atoms with van der Waals surface area (Å²) >= 11 is 0. The van der Waals surface area contributed by atoms with Crippen molar-refractivity contribution in [2.75, 3.05) is 26.2 Å². The van der Waals surface area contributed by atoms with Gasteiger partial charge in [0.1, 0.15) is 0 Å². The number of ether oxygens (including phenoxy) is 1. The molecule has 1 aliphatic heterocycles. The average molecular weight is 228 g/mol. The van der Waals surface area contributed by atoms with Gasteiger partial charge in [0.05, 0.1) is 12.7 Å². The van der Waals surface area contributed by atoms with Crippen LogP contribution in [0.25, 0.3) is 0 Å². The van der Waals surface area contributed by atoms with Crippen LogP contribution in [0.1, 0.15) is 40.5 Å². The monoisotopic (exact) mass is 228 g/mol. The average Bonchev–Trinajstić information content (AvgIpc) is 2.27. The third-order valence-corrected chi connectivity index (χ3v) is 3.37. The van der Waals surface area contributed by atoms with Crippen LogP contribution < -0.4 is 5.32 Å². The number of hydrogen-bond donors (Lipinski definition) is 1. The van der Waals surface area contributed by atoms with Crippen molar-refractivity contribution in [1.29, 1.82) is 0 Å². The van der Waals surface area contributed by atoms with Crippen LogP contribution in [-0.2, 0) is 4.74 Å². The van der Waals surface area contributed by atoms with Crippen LogP contribution in [0, 0.1) is 0 Å². The van der Waals surface area contributed by atoms with E-state index in [9.17, 15) is 0 Å². The molecule has 0 spiro atoms. The van der Waals surface area contributed by atoms with E-state index >= 15 is 0 Å². The molecule has 1 heterocycles. The van der Waals surface area contributed by atoms with Gasteiger partial charge in [0.2, 0.25) is 0 Å². The maximum atomic E-state index is 5.65. The van der Waals surface area contributed by atoms with Gasteiger partial charge < -0.3 is 10.1 Å². The first-order chi connectivity index (χ1) is 7.65. The zero-order valence-electron chi connectivity index (χ0n) is 11.3. The largest absolute Gasteiger partial charge is 0.376 e. The lowest BCUT2D eigenvalue weighted by Crippen LogP contribution is -2.53. The highest BCUT2D eigenvalue weighted by molar-refractivity contribution is 4.80. The summed E-state index contributed by atoms with van der Waals surface area (Å²) in [4.78, 5) is 2.56. The lowest BCUT2D eigenvalue weighted by atomic mass is 10.1. The zero-order valence-corrected chi connectivity index (χ0v) is 11.3. The fraction of sp³-hybridized carbons (Fsp3) is 1.00. The Hall–Kier alpha value is -0.120. The number of morpholine rings is 1. The first kappa shape index (κ1) is 13.9. The molecule has 0 bridgehead atoms. The maximum Gasteiger partial charge on any atom is 0.0674 e. The van der Waals surface area contributed by atoms with Gasteiger partial charge in [-0.2, -0.15) is 0 Å². The van der Waals surface area contributed by atoms with Crippen molar-refractivity contribution in [2.24, 2.45) is 0 Å². The van der Waals surface area contributed by atoms with Crippen molar-refractivity contribution >= 4 is 0 Å². The predicted molar refractivity (Wildman–Crippen MR) is 68.8 cm³/mol. The van der Waals surface area contributed by atoms with Crippen molar-refractivity contribution in [3.8, 4) is 0 Å². The summed E-state index contributed by atoms with van der Waals surface area (Å²) in [6, 6.07) is 1.16. The van der Waals surface area contributed by atoms with Crippen LogP contribution in [0.3, 0.4) is 0 Å². The highest BCUT2D eigenvalue weighted by Crippen LogP contribution is 2.14. The first-order valence-electron chi connectivity index (χ1n) is 6.73. The van der Waals surface area contributed by atoms with E-state index in [4.69, 9.17) is 4.74 Å². The molecular weight excluding hydrogens is 200 g/mol. The van der Waals surface area contributed by atoms with Gasteiger partial charge in [0, 0.05) is 25.2 Å². The van der Waals surface area contributed by atoms with E-state index < -0.39 is 0 Å². The highest BCUT2D eigenvalue weighted by Gasteiger charge is 2.26. The van der Waals surface area contributed by atoms with E-state index in [0.29, 0.717) is 18.2 Å². The topological polar surface area (TPSA) is 24.5 Å². The normalized spacial score (nSPS) is 29.2. The number of nitrogens with zero attached hydrogens (tertiary/aromatic N) is 1. The number of hydrogen-bond acceptors (Lipinski definition) is 3. The highest BCUT2D eigenvalue weighted by atomic mass is 16.5. The molecule has 0 amide bonds. The van der Waals surface area contributed by atoms with Crippen LogP contribution in [0.5, 0.6) is 0 Å². The van der Waals surface area contributed by atoms with Crippen molar-refractivity contribution in [2.45, 2.75) is 58.7 Å². The van der Waals surface area contributed by atoms with Gasteiger partial charge in [0.25, 0.3) is 0 Å². The van der Waals surface area contributed by atoms with Gasteiger partial charge in [0.15, 0.2) is 0 Å². The minimum atomic E-state index is 0.384. The SMILES string of the molecule is CCCCNCC(C)N1CC(C)OCC1C. The molecule has 3 nitrogen and oxygen atoms in total. The second-order valence-electron chi connectivity index (χ2n) is 5.10. The lowest BCUT2D eigenvalue weighted by molar-refractivity contribution is -0.0629. The second-order valence-corrected chi connectivity index (χ2v) is 5.10. The Morgan fingerprint density at radius 2 is 2.19 bits per heavy atom. The molecule has 0 aromatic heterocycles. The standard InChI is InChI=1S/C13H28N2O/c1-5-6-7-14-8-11(2)15-9-13(4)16-10-12(15)3/h11-14H,5-10H2,1-4H3. The van der Waals surface area contributed by atoms with E-state index in [1.165, 1.54) is 12.8 Å². The molecule has 1 saturated heterocycles. The van der Waals surface area contributed by atoms with Crippen molar-refractivity contribution in [1.82, 2.24) is 10.2 Å². The van der Waals surface area contributed by atoms with Crippen LogP contribution in [0.15, 0.2) is 0 Å². The number of rotatable bonds is 6. The summed E-state index contributed by atoms with van der Waals surface area (Å²) in [6.45, 7) is 13.2. The van der Waals surface area contributed by atoms with Gasteiger partial charge in [-0.05, 0) is 33.7 Å². The van der Waals surface area contributed by atoms with Gasteiger partial charge in [-0.3, -0.25) is 4.90 Å². The minimum absolute atomic E-state index is 0.384. The van der Waals surface area contributed by atoms with Gasteiger partial charge in [-0.25, -0.2) is 0 Å². The van der Waals surface area contributed by atoms with E-state index in [0.717, 1.165) is 26.2 Å². The third kappa shape index (κ3) is 4.40. The first-order valence-corrected chi connectivity index (χ1v) is 6.73. The Kier molecular flexibility index (Phi) is 6.32.